The highest BCUT2D eigenvalue weighted by Gasteiger charge is 2.16. The fraction of sp³-hybridized carbons (Fsp3) is 0.350. The van der Waals surface area contributed by atoms with Gasteiger partial charge in [0.2, 0.25) is 6.33 Å². The first-order chi connectivity index (χ1) is 12.8. The summed E-state index contributed by atoms with van der Waals surface area (Å²) in [6.07, 6.45) is 8.65. The minimum atomic E-state index is -0.141. The van der Waals surface area contributed by atoms with E-state index in [2.05, 4.69) is 27.9 Å². The summed E-state index contributed by atoms with van der Waals surface area (Å²) in [5, 5.41) is 2.93. The zero-order valence-electron chi connectivity index (χ0n) is 15.1. The molecule has 0 spiro atoms. The number of carbonyl (C=O) groups is 1. The number of unbranched alkanes of at least 4 members (excludes halogenated alkanes) is 2. The third kappa shape index (κ3) is 4.46. The summed E-state index contributed by atoms with van der Waals surface area (Å²) in [6.45, 7) is 3.84. The van der Waals surface area contributed by atoms with Crippen molar-refractivity contribution in [3.63, 3.8) is 0 Å². The first kappa shape index (κ1) is 18.1. The van der Waals surface area contributed by atoms with E-state index in [0.29, 0.717) is 19.0 Å². The number of hydrogen-bond donors (Lipinski definition) is 1. The number of carbonyl (C=O) groups excluding carboxylic acids is 1. The number of rotatable bonds is 9. The van der Waals surface area contributed by atoms with Gasteiger partial charge in [-0.2, -0.15) is 0 Å². The van der Waals surface area contributed by atoms with Crippen molar-refractivity contribution in [3.05, 3.63) is 60.7 Å². The van der Waals surface area contributed by atoms with Gasteiger partial charge in [-0.3, -0.25) is 9.78 Å². The number of fused-ring (bicyclic) bond motifs is 1. The number of nitrogens with one attached hydrogen (secondary N) is 1. The predicted molar refractivity (Wildman–Crippen MR) is 99.3 cm³/mol. The lowest BCUT2D eigenvalue weighted by atomic mass is 10.3. The van der Waals surface area contributed by atoms with E-state index in [1.165, 1.54) is 12.8 Å². The van der Waals surface area contributed by atoms with Crippen LogP contribution in [-0.4, -0.2) is 22.1 Å². The van der Waals surface area contributed by atoms with Crippen LogP contribution >= 0.6 is 0 Å². The largest absolute Gasteiger partial charge is 0.342 e. The summed E-state index contributed by atoms with van der Waals surface area (Å²) in [7, 11) is 0. The van der Waals surface area contributed by atoms with Crippen molar-refractivity contribution in [1.29, 1.82) is 0 Å². The molecule has 26 heavy (non-hydrogen) atoms. The van der Waals surface area contributed by atoms with Crippen molar-refractivity contribution in [2.75, 3.05) is 6.61 Å². The molecule has 0 unspecified atom stereocenters. The lowest BCUT2D eigenvalue weighted by molar-refractivity contribution is -0.675. The molecule has 0 fully saturated rings. The molecular weight excluding hydrogens is 328 g/mol. The number of para-hydroxylation sites is 2. The predicted octanol–water partition coefficient (Wildman–Crippen LogP) is 2.88. The topological polar surface area (TPSA) is 60.0 Å². The second-order valence-electron chi connectivity index (χ2n) is 6.19. The second kappa shape index (κ2) is 9.10. The van der Waals surface area contributed by atoms with Crippen molar-refractivity contribution >= 4 is 16.9 Å². The third-order valence-electron chi connectivity index (χ3n) is 4.24. The normalized spacial score (nSPS) is 11.0. The van der Waals surface area contributed by atoms with Crippen LogP contribution in [0.5, 0.6) is 0 Å². The number of aromatic nitrogens is 3. The third-order valence-corrected chi connectivity index (χ3v) is 4.24. The van der Waals surface area contributed by atoms with Crippen LogP contribution in [0, 0.1) is 0 Å². The summed E-state index contributed by atoms with van der Waals surface area (Å²) in [5.41, 5.74) is 2.69. The molecule has 0 aliphatic carbocycles. The van der Waals surface area contributed by atoms with Crippen LogP contribution in [0.3, 0.4) is 0 Å². The molecule has 2 heterocycles. The van der Waals surface area contributed by atoms with E-state index in [9.17, 15) is 4.79 Å². The maximum atomic E-state index is 12.2. The first-order valence-electron chi connectivity index (χ1n) is 9.03. The SMILES string of the molecule is CCCCCOCn1c[n+](CNC(=O)c2cccnc2)c2ccccc21. The number of nitrogens with zero attached hydrogens (tertiary/aromatic N) is 3. The quantitative estimate of drug-likeness (QED) is 0.475. The number of amides is 1. The Hall–Kier alpha value is -2.73. The van der Waals surface area contributed by atoms with Crippen LogP contribution in [0.1, 0.15) is 36.5 Å². The molecule has 0 atom stereocenters. The summed E-state index contributed by atoms with van der Waals surface area (Å²) >= 11 is 0. The molecule has 0 aliphatic rings. The van der Waals surface area contributed by atoms with Gasteiger partial charge >= 0.3 is 0 Å². The summed E-state index contributed by atoms with van der Waals surface area (Å²) in [4.78, 5) is 16.2. The molecule has 1 aromatic carbocycles. The molecule has 2 aromatic heterocycles. The molecule has 1 N–H and O–H groups in total. The molecule has 0 saturated heterocycles. The highest BCUT2D eigenvalue weighted by Crippen LogP contribution is 2.11. The Morgan fingerprint density at radius 3 is 2.92 bits per heavy atom. The summed E-state index contributed by atoms with van der Waals surface area (Å²) < 4.78 is 9.87. The van der Waals surface area contributed by atoms with Gasteiger partial charge in [-0.05, 0) is 30.7 Å². The van der Waals surface area contributed by atoms with Gasteiger partial charge in [0.1, 0.15) is 0 Å². The van der Waals surface area contributed by atoms with Gasteiger partial charge in [-0.1, -0.05) is 31.9 Å². The highest BCUT2D eigenvalue weighted by atomic mass is 16.5. The van der Waals surface area contributed by atoms with Crippen molar-refractivity contribution in [2.24, 2.45) is 0 Å². The Morgan fingerprint density at radius 2 is 2.12 bits per heavy atom. The van der Waals surface area contributed by atoms with Gasteiger partial charge in [0.05, 0.1) is 12.2 Å². The maximum absolute atomic E-state index is 12.2. The average Bonchev–Trinajstić information content (AvgIpc) is 3.04. The first-order valence-corrected chi connectivity index (χ1v) is 9.03. The number of imidazole rings is 1. The second-order valence-corrected chi connectivity index (χ2v) is 6.19. The Bertz CT molecular complexity index is 845. The maximum Gasteiger partial charge on any atom is 0.255 e. The van der Waals surface area contributed by atoms with Gasteiger partial charge in [-0.15, -0.1) is 0 Å². The zero-order valence-corrected chi connectivity index (χ0v) is 15.1. The molecule has 6 heteroatoms. The molecule has 1 amide bonds. The summed E-state index contributed by atoms with van der Waals surface area (Å²) in [6, 6.07) is 11.6. The van der Waals surface area contributed by atoms with Gasteiger partial charge in [0, 0.05) is 12.4 Å². The van der Waals surface area contributed by atoms with Crippen molar-refractivity contribution in [3.8, 4) is 0 Å². The fourth-order valence-corrected chi connectivity index (χ4v) is 2.84. The van der Waals surface area contributed by atoms with E-state index in [1.54, 1.807) is 24.5 Å². The van der Waals surface area contributed by atoms with Crippen LogP contribution in [-0.2, 0) is 18.1 Å². The number of benzene rings is 1. The molecule has 136 valence electrons. The Labute approximate surface area is 153 Å². The minimum absolute atomic E-state index is 0.141. The van der Waals surface area contributed by atoms with Crippen molar-refractivity contribution in [1.82, 2.24) is 14.9 Å². The number of ether oxygens (including phenoxy) is 1. The van der Waals surface area contributed by atoms with E-state index in [0.717, 1.165) is 24.1 Å². The molecule has 6 nitrogen and oxygen atoms in total. The molecule has 0 radical (unpaired) electrons. The van der Waals surface area contributed by atoms with E-state index in [1.807, 2.05) is 29.1 Å². The van der Waals surface area contributed by atoms with Crippen LogP contribution < -0.4 is 9.88 Å². The molecule has 0 bridgehead atoms. The van der Waals surface area contributed by atoms with E-state index in [4.69, 9.17) is 4.74 Å². The van der Waals surface area contributed by atoms with Crippen LogP contribution in [0.4, 0.5) is 0 Å². The zero-order chi connectivity index (χ0) is 18.2. The lowest BCUT2D eigenvalue weighted by Gasteiger charge is -2.02. The summed E-state index contributed by atoms with van der Waals surface area (Å²) in [5.74, 6) is -0.141. The van der Waals surface area contributed by atoms with Gasteiger partial charge < -0.3 is 10.1 Å². The van der Waals surface area contributed by atoms with Gasteiger partial charge in [0.15, 0.2) is 24.4 Å². The molecule has 3 rings (SSSR count). The monoisotopic (exact) mass is 353 g/mol. The smallest absolute Gasteiger partial charge is 0.255 e. The molecule has 3 aromatic rings. The van der Waals surface area contributed by atoms with E-state index < -0.39 is 0 Å². The standard InChI is InChI=1S/C20H24N4O2/c1-2-3-6-12-26-16-24-15-23(18-9-4-5-10-19(18)24)14-22-20(25)17-8-7-11-21-13-17/h4-5,7-11,13,15H,2-3,6,12,14,16H2,1H3/p+1. The van der Waals surface area contributed by atoms with Crippen LogP contribution in [0.15, 0.2) is 55.1 Å². The lowest BCUT2D eigenvalue weighted by Crippen LogP contribution is -2.43. The van der Waals surface area contributed by atoms with E-state index >= 15 is 0 Å². The van der Waals surface area contributed by atoms with Crippen molar-refractivity contribution < 1.29 is 14.1 Å². The minimum Gasteiger partial charge on any atom is -0.342 e. The number of pyridine rings is 1. The number of hydrogen-bond acceptors (Lipinski definition) is 3. The molecule has 0 aliphatic heterocycles. The Balaban J connectivity index is 1.67. The van der Waals surface area contributed by atoms with Gasteiger partial charge in [-0.25, -0.2) is 9.13 Å². The van der Waals surface area contributed by atoms with Crippen molar-refractivity contribution in [2.45, 2.75) is 39.6 Å². The Morgan fingerprint density at radius 1 is 1.23 bits per heavy atom. The van der Waals surface area contributed by atoms with Crippen LogP contribution in [0.2, 0.25) is 0 Å². The molecule has 0 saturated carbocycles. The Kier molecular flexibility index (Phi) is 6.33. The van der Waals surface area contributed by atoms with E-state index in [-0.39, 0.29) is 5.91 Å². The van der Waals surface area contributed by atoms with Crippen LogP contribution in [0.25, 0.3) is 11.0 Å². The van der Waals surface area contributed by atoms with Gasteiger partial charge in [0.25, 0.3) is 5.91 Å². The average molecular weight is 353 g/mol. The molecular formula is C20H25N4O2+. The highest BCUT2D eigenvalue weighted by molar-refractivity contribution is 5.93. The fourth-order valence-electron chi connectivity index (χ4n) is 2.84.